The Kier molecular flexibility index (Phi) is 6.79. The smallest absolute Gasteiger partial charge is 0.179 e. The van der Waals surface area contributed by atoms with Gasteiger partial charge in [0.1, 0.15) is 11.2 Å². The second kappa shape index (κ2) is 11.1. The van der Waals surface area contributed by atoms with Gasteiger partial charge < -0.3 is 4.42 Å². The fraction of sp³-hybridized carbons (Fsp3) is 0.143. The molecular weight excluding hydrogens is 562 g/mol. The zero-order valence-corrected chi connectivity index (χ0v) is 26.5. The van der Waals surface area contributed by atoms with Crippen molar-refractivity contribution in [2.75, 3.05) is 0 Å². The van der Waals surface area contributed by atoms with E-state index in [-0.39, 0.29) is 11.8 Å². The molecule has 3 aromatic heterocycles. The fourth-order valence-electron chi connectivity index (χ4n) is 6.68. The number of pyridine rings is 1. The standard InChI is InChI=1S/C42H35N3O/c1-26(2)34-24-30(28-14-7-5-8-15-28)25-35(27(3)4)39(34)45-37-23-22-36(29-16-9-6-10-17-29)43-41(37)44-42(45)33-20-13-19-32-31-18-11-12-21-38(31)46-40(32)33/h5-27H,1-4H3. The molecule has 0 radical (unpaired) electrons. The Morgan fingerprint density at radius 3 is 1.89 bits per heavy atom. The minimum Gasteiger partial charge on any atom is -0.455 e. The monoisotopic (exact) mass is 597 g/mol. The third kappa shape index (κ3) is 4.60. The highest BCUT2D eigenvalue weighted by Gasteiger charge is 2.26. The van der Waals surface area contributed by atoms with E-state index < -0.39 is 0 Å². The third-order valence-electron chi connectivity index (χ3n) is 8.98. The molecule has 0 spiro atoms. The summed E-state index contributed by atoms with van der Waals surface area (Å²) >= 11 is 0. The van der Waals surface area contributed by atoms with Crippen LogP contribution in [0.4, 0.5) is 0 Å². The lowest BCUT2D eigenvalue weighted by Crippen LogP contribution is -2.09. The van der Waals surface area contributed by atoms with Crippen molar-refractivity contribution >= 4 is 33.1 Å². The lowest BCUT2D eigenvalue weighted by Gasteiger charge is -2.24. The molecule has 0 fully saturated rings. The summed E-state index contributed by atoms with van der Waals surface area (Å²) in [5.74, 6) is 1.36. The van der Waals surface area contributed by atoms with E-state index in [0.717, 1.165) is 50.1 Å². The van der Waals surface area contributed by atoms with Crippen LogP contribution < -0.4 is 0 Å². The van der Waals surface area contributed by atoms with Gasteiger partial charge in [-0.2, -0.15) is 0 Å². The van der Waals surface area contributed by atoms with Crippen molar-refractivity contribution in [2.24, 2.45) is 0 Å². The van der Waals surface area contributed by atoms with E-state index >= 15 is 0 Å². The first kappa shape index (κ1) is 28.0. The Labute approximate surface area is 269 Å². The highest BCUT2D eigenvalue weighted by Crippen LogP contribution is 2.42. The molecule has 46 heavy (non-hydrogen) atoms. The van der Waals surface area contributed by atoms with Gasteiger partial charge in [0, 0.05) is 16.3 Å². The number of nitrogens with zero attached hydrogens (tertiary/aromatic N) is 3. The van der Waals surface area contributed by atoms with Crippen LogP contribution in [0, 0.1) is 0 Å². The quantitative estimate of drug-likeness (QED) is 0.191. The molecule has 0 aliphatic heterocycles. The van der Waals surface area contributed by atoms with E-state index in [1.54, 1.807) is 0 Å². The van der Waals surface area contributed by atoms with Crippen molar-refractivity contribution in [3.63, 3.8) is 0 Å². The van der Waals surface area contributed by atoms with E-state index in [1.165, 1.54) is 27.9 Å². The van der Waals surface area contributed by atoms with Gasteiger partial charge in [-0.3, -0.25) is 4.57 Å². The molecule has 8 aromatic rings. The minimum absolute atomic E-state index is 0.264. The van der Waals surface area contributed by atoms with Gasteiger partial charge in [0.05, 0.1) is 22.5 Å². The number of fused-ring (bicyclic) bond motifs is 4. The summed E-state index contributed by atoms with van der Waals surface area (Å²) in [6.45, 7) is 9.12. The molecule has 224 valence electrons. The fourth-order valence-corrected chi connectivity index (χ4v) is 6.68. The normalized spacial score (nSPS) is 11.9. The molecule has 0 unspecified atom stereocenters. The number of hydrogen-bond acceptors (Lipinski definition) is 3. The molecule has 8 rings (SSSR count). The van der Waals surface area contributed by atoms with Crippen LogP contribution in [0.1, 0.15) is 50.7 Å². The number of benzene rings is 5. The van der Waals surface area contributed by atoms with Crippen LogP contribution in [0.25, 0.3) is 72.6 Å². The lowest BCUT2D eigenvalue weighted by molar-refractivity contribution is 0.669. The molecule has 0 atom stereocenters. The largest absolute Gasteiger partial charge is 0.455 e. The van der Waals surface area contributed by atoms with Crippen LogP contribution in [0.5, 0.6) is 0 Å². The molecular formula is C42H35N3O. The van der Waals surface area contributed by atoms with Gasteiger partial charge in [0.15, 0.2) is 11.5 Å². The molecule has 0 aliphatic carbocycles. The van der Waals surface area contributed by atoms with E-state index in [1.807, 2.05) is 30.3 Å². The molecule has 0 bridgehead atoms. The predicted molar refractivity (Wildman–Crippen MR) is 191 cm³/mol. The Hall–Kier alpha value is -5.48. The van der Waals surface area contributed by atoms with Crippen LogP contribution in [0.2, 0.25) is 0 Å². The molecule has 0 saturated carbocycles. The van der Waals surface area contributed by atoms with Crippen LogP contribution in [0.3, 0.4) is 0 Å². The minimum atomic E-state index is 0.264. The van der Waals surface area contributed by atoms with Crippen LogP contribution in [0.15, 0.2) is 132 Å². The summed E-state index contributed by atoms with van der Waals surface area (Å²) in [6.07, 6.45) is 0. The molecule has 3 heterocycles. The van der Waals surface area contributed by atoms with E-state index in [2.05, 4.69) is 129 Å². The molecule has 0 N–H and O–H groups in total. The Balaban J connectivity index is 1.48. The number of para-hydroxylation sites is 2. The highest BCUT2D eigenvalue weighted by molar-refractivity contribution is 6.09. The van der Waals surface area contributed by atoms with Crippen molar-refractivity contribution in [2.45, 2.75) is 39.5 Å². The first-order valence-electron chi connectivity index (χ1n) is 16.1. The summed E-state index contributed by atoms with van der Waals surface area (Å²) in [5, 5.41) is 2.18. The van der Waals surface area contributed by atoms with Gasteiger partial charge in [-0.25, -0.2) is 9.97 Å². The topological polar surface area (TPSA) is 43.9 Å². The maximum atomic E-state index is 6.58. The molecule has 0 saturated heterocycles. The van der Waals surface area contributed by atoms with E-state index in [0.29, 0.717) is 5.65 Å². The van der Waals surface area contributed by atoms with Crippen LogP contribution in [-0.2, 0) is 0 Å². The first-order valence-corrected chi connectivity index (χ1v) is 16.1. The summed E-state index contributed by atoms with van der Waals surface area (Å²) in [6, 6.07) is 44.6. The van der Waals surface area contributed by atoms with Crippen molar-refractivity contribution in [3.05, 3.63) is 139 Å². The maximum Gasteiger partial charge on any atom is 0.179 e. The van der Waals surface area contributed by atoms with Gasteiger partial charge >= 0.3 is 0 Å². The molecule has 0 aliphatic rings. The van der Waals surface area contributed by atoms with Gasteiger partial charge in [-0.1, -0.05) is 119 Å². The van der Waals surface area contributed by atoms with E-state index in [4.69, 9.17) is 14.4 Å². The van der Waals surface area contributed by atoms with Crippen molar-refractivity contribution in [1.82, 2.24) is 14.5 Å². The number of rotatable bonds is 6. The zero-order valence-electron chi connectivity index (χ0n) is 26.5. The first-order chi connectivity index (χ1) is 22.5. The number of imidazole rings is 1. The average Bonchev–Trinajstić information content (AvgIpc) is 3.66. The number of aromatic nitrogens is 3. The van der Waals surface area contributed by atoms with Gasteiger partial charge in [0.2, 0.25) is 0 Å². The summed E-state index contributed by atoms with van der Waals surface area (Å²) in [4.78, 5) is 10.5. The predicted octanol–water partition coefficient (Wildman–Crippen LogP) is 11.6. The van der Waals surface area contributed by atoms with Gasteiger partial charge in [0.25, 0.3) is 0 Å². The highest BCUT2D eigenvalue weighted by atomic mass is 16.3. The second-order valence-corrected chi connectivity index (χ2v) is 12.6. The molecule has 4 nitrogen and oxygen atoms in total. The Bertz CT molecular complexity index is 2330. The molecule has 5 aromatic carbocycles. The zero-order chi connectivity index (χ0) is 31.4. The molecule has 0 amide bonds. The third-order valence-corrected chi connectivity index (χ3v) is 8.98. The van der Waals surface area contributed by atoms with Crippen LogP contribution in [-0.4, -0.2) is 14.5 Å². The SMILES string of the molecule is CC(C)c1cc(-c2ccccc2)cc(C(C)C)c1-n1c(-c2cccc3c2oc2ccccc23)nc2nc(-c3ccccc3)ccc21. The summed E-state index contributed by atoms with van der Waals surface area (Å²) in [5.41, 5.74) is 12.5. The summed E-state index contributed by atoms with van der Waals surface area (Å²) in [7, 11) is 0. The van der Waals surface area contributed by atoms with Gasteiger partial charge in [-0.15, -0.1) is 0 Å². The lowest BCUT2D eigenvalue weighted by atomic mass is 9.88. The Morgan fingerprint density at radius 1 is 0.565 bits per heavy atom. The number of furan rings is 1. The van der Waals surface area contributed by atoms with Gasteiger partial charge in [-0.05, 0) is 70.5 Å². The second-order valence-electron chi connectivity index (χ2n) is 12.6. The molecule has 4 heteroatoms. The number of hydrogen-bond donors (Lipinski definition) is 0. The van der Waals surface area contributed by atoms with Crippen molar-refractivity contribution < 1.29 is 4.42 Å². The maximum absolute atomic E-state index is 6.58. The van der Waals surface area contributed by atoms with Crippen molar-refractivity contribution in [1.29, 1.82) is 0 Å². The van der Waals surface area contributed by atoms with E-state index in [9.17, 15) is 0 Å². The van der Waals surface area contributed by atoms with Crippen LogP contribution >= 0.6 is 0 Å². The summed E-state index contributed by atoms with van der Waals surface area (Å²) < 4.78 is 8.92. The van der Waals surface area contributed by atoms with Crippen molar-refractivity contribution in [3.8, 4) is 39.5 Å². The average molecular weight is 598 g/mol. The Morgan fingerprint density at radius 2 is 1.20 bits per heavy atom.